The molecule has 1 N–H and O–H groups in total. The molecule has 0 fully saturated rings. The predicted octanol–water partition coefficient (Wildman–Crippen LogP) is 5.92. The number of hydrogen-bond donors (Lipinski definition) is 1. The SMILES string of the molecule is CC(C)(C)CC[C@@](C)(c1ccc(O)cc1)c1ccc(N=O)cc1. The molecule has 0 unspecified atom stereocenters. The van der Waals surface area contributed by atoms with Crippen LogP contribution in [0.5, 0.6) is 5.75 Å². The van der Waals surface area contributed by atoms with Gasteiger partial charge < -0.3 is 5.11 Å². The van der Waals surface area contributed by atoms with E-state index in [1.807, 2.05) is 24.3 Å². The van der Waals surface area contributed by atoms with E-state index >= 15 is 0 Å². The Morgan fingerprint density at radius 2 is 1.30 bits per heavy atom. The molecule has 0 aliphatic carbocycles. The van der Waals surface area contributed by atoms with E-state index in [4.69, 9.17) is 0 Å². The molecule has 0 radical (unpaired) electrons. The summed E-state index contributed by atoms with van der Waals surface area (Å²) in [6.07, 6.45) is 2.05. The van der Waals surface area contributed by atoms with Crippen LogP contribution in [0.1, 0.15) is 51.7 Å². The van der Waals surface area contributed by atoms with Crippen LogP contribution in [0.2, 0.25) is 0 Å². The summed E-state index contributed by atoms with van der Waals surface area (Å²) >= 11 is 0. The minimum absolute atomic E-state index is 0.178. The third-order valence-electron chi connectivity index (χ3n) is 4.49. The Morgan fingerprint density at radius 3 is 1.74 bits per heavy atom. The lowest BCUT2D eigenvalue weighted by atomic mass is 9.70. The van der Waals surface area contributed by atoms with E-state index in [9.17, 15) is 10.0 Å². The van der Waals surface area contributed by atoms with Gasteiger partial charge in [-0.15, -0.1) is 4.91 Å². The highest BCUT2D eigenvalue weighted by Gasteiger charge is 2.30. The minimum atomic E-state index is -0.178. The highest BCUT2D eigenvalue weighted by Crippen LogP contribution is 2.40. The molecule has 0 aliphatic heterocycles. The lowest BCUT2D eigenvalue weighted by Crippen LogP contribution is -2.25. The topological polar surface area (TPSA) is 49.7 Å². The molecule has 0 saturated heterocycles. The van der Waals surface area contributed by atoms with Crippen LogP contribution >= 0.6 is 0 Å². The molecule has 122 valence electrons. The molecule has 23 heavy (non-hydrogen) atoms. The molecule has 2 aromatic carbocycles. The number of aromatic hydroxyl groups is 1. The van der Waals surface area contributed by atoms with Crippen LogP contribution in [0.4, 0.5) is 5.69 Å². The lowest BCUT2D eigenvalue weighted by Gasteiger charge is -2.34. The van der Waals surface area contributed by atoms with Crippen molar-refractivity contribution in [1.82, 2.24) is 0 Å². The predicted molar refractivity (Wildman–Crippen MR) is 95.1 cm³/mol. The first kappa shape index (κ1) is 17.2. The summed E-state index contributed by atoms with van der Waals surface area (Å²) in [4.78, 5) is 10.7. The third-order valence-corrected chi connectivity index (χ3v) is 4.49. The molecule has 0 aliphatic rings. The molecular weight excluding hydrogens is 286 g/mol. The van der Waals surface area contributed by atoms with Crippen molar-refractivity contribution in [3.63, 3.8) is 0 Å². The van der Waals surface area contributed by atoms with Gasteiger partial charge in [0.2, 0.25) is 0 Å². The van der Waals surface area contributed by atoms with Gasteiger partial charge in [-0.05, 0) is 58.8 Å². The first-order chi connectivity index (χ1) is 10.7. The largest absolute Gasteiger partial charge is 0.508 e. The second-order valence-electron chi connectivity index (χ2n) is 7.58. The van der Waals surface area contributed by atoms with Crippen LogP contribution in [0.3, 0.4) is 0 Å². The highest BCUT2D eigenvalue weighted by atomic mass is 16.3. The van der Waals surface area contributed by atoms with Crippen LogP contribution < -0.4 is 0 Å². The van der Waals surface area contributed by atoms with Gasteiger partial charge in [-0.25, -0.2) is 0 Å². The number of rotatable bonds is 5. The molecule has 0 heterocycles. The van der Waals surface area contributed by atoms with Gasteiger partial charge in [-0.1, -0.05) is 52.0 Å². The summed E-state index contributed by atoms with van der Waals surface area (Å²) in [7, 11) is 0. The van der Waals surface area contributed by atoms with Crippen LogP contribution in [-0.4, -0.2) is 5.11 Å². The van der Waals surface area contributed by atoms with Crippen molar-refractivity contribution in [2.75, 3.05) is 0 Å². The van der Waals surface area contributed by atoms with Crippen molar-refractivity contribution >= 4 is 5.69 Å². The number of nitroso groups, excluding NO2 is 1. The fraction of sp³-hybridized carbons (Fsp3) is 0.400. The van der Waals surface area contributed by atoms with Gasteiger partial charge in [-0.3, -0.25) is 0 Å². The second kappa shape index (κ2) is 6.53. The number of benzene rings is 2. The molecule has 0 bridgehead atoms. The summed E-state index contributed by atoms with van der Waals surface area (Å²) in [5.74, 6) is 0.271. The second-order valence-corrected chi connectivity index (χ2v) is 7.58. The maximum absolute atomic E-state index is 10.7. The van der Waals surface area contributed by atoms with Crippen molar-refractivity contribution in [3.05, 3.63) is 64.6 Å². The molecule has 0 spiro atoms. The van der Waals surface area contributed by atoms with E-state index in [2.05, 4.69) is 32.9 Å². The summed E-state index contributed by atoms with van der Waals surface area (Å²) in [6, 6.07) is 14.9. The van der Waals surface area contributed by atoms with Crippen LogP contribution in [0.15, 0.2) is 53.7 Å². The Balaban J connectivity index is 2.44. The average Bonchev–Trinajstić information content (AvgIpc) is 2.53. The molecule has 0 aromatic heterocycles. The van der Waals surface area contributed by atoms with Gasteiger partial charge in [0.15, 0.2) is 0 Å². The standard InChI is InChI=1S/C20H25NO2/c1-19(2,3)13-14-20(4,16-7-11-18(22)12-8-16)15-5-9-17(21-23)10-6-15/h5-12,22H,13-14H2,1-4H3/t20-/m1/s1. The zero-order valence-electron chi connectivity index (χ0n) is 14.3. The first-order valence-corrected chi connectivity index (χ1v) is 7.98. The van der Waals surface area contributed by atoms with Crippen molar-refractivity contribution in [1.29, 1.82) is 0 Å². The molecule has 3 heteroatoms. The summed E-state index contributed by atoms with van der Waals surface area (Å²) in [5.41, 5.74) is 2.81. The van der Waals surface area contributed by atoms with Crippen LogP contribution in [0.25, 0.3) is 0 Å². The molecule has 3 nitrogen and oxygen atoms in total. The maximum Gasteiger partial charge on any atom is 0.115 e. The normalized spacial score (nSPS) is 14.3. The third kappa shape index (κ3) is 4.19. The number of phenolic OH excluding ortho intramolecular Hbond substituents is 1. The summed E-state index contributed by atoms with van der Waals surface area (Å²) in [6.45, 7) is 8.94. The van der Waals surface area contributed by atoms with Gasteiger partial charge in [0.05, 0.1) is 0 Å². The minimum Gasteiger partial charge on any atom is -0.508 e. The van der Waals surface area contributed by atoms with E-state index in [1.54, 1.807) is 24.3 Å². The van der Waals surface area contributed by atoms with Gasteiger partial charge in [0.25, 0.3) is 0 Å². The first-order valence-electron chi connectivity index (χ1n) is 7.98. The Morgan fingerprint density at radius 1 is 0.826 bits per heavy atom. The fourth-order valence-electron chi connectivity index (χ4n) is 2.80. The van der Waals surface area contributed by atoms with Crippen LogP contribution in [-0.2, 0) is 5.41 Å². The van der Waals surface area contributed by atoms with Gasteiger partial charge in [0.1, 0.15) is 11.4 Å². The zero-order chi connectivity index (χ0) is 17.1. The number of nitrogens with zero attached hydrogens (tertiary/aromatic N) is 1. The average molecular weight is 311 g/mol. The van der Waals surface area contributed by atoms with Crippen molar-refractivity contribution in [2.24, 2.45) is 10.6 Å². The molecule has 1 atom stereocenters. The van der Waals surface area contributed by atoms with Gasteiger partial charge >= 0.3 is 0 Å². The van der Waals surface area contributed by atoms with E-state index < -0.39 is 0 Å². The van der Waals surface area contributed by atoms with Crippen LogP contribution in [0, 0.1) is 10.3 Å². The molecular formula is C20H25NO2. The Kier molecular flexibility index (Phi) is 4.88. The van der Waals surface area contributed by atoms with Crippen molar-refractivity contribution in [2.45, 2.75) is 46.0 Å². The summed E-state index contributed by atoms with van der Waals surface area (Å²) < 4.78 is 0. The maximum atomic E-state index is 10.7. The van der Waals surface area contributed by atoms with Crippen molar-refractivity contribution < 1.29 is 5.11 Å². The zero-order valence-corrected chi connectivity index (χ0v) is 14.3. The Hall–Kier alpha value is -2.16. The Labute approximate surface area is 138 Å². The summed E-state index contributed by atoms with van der Waals surface area (Å²) in [5, 5.41) is 12.6. The van der Waals surface area contributed by atoms with Gasteiger partial charge in [0, 0.05) is 5.41 Å². The highest BCUT2D eigenvalue weighted by molar-refractivity contribution is 5.45. The number of phenols is 1. The molecule has 0 amide bonds. The van der Waals surface area contributed by atoms with Crippen molar-refractivity contribution in [3.8, 4) is 5.75 Å². The fourth-order valence-corrected chi connectivity index (χ4v) is 2.80. The number of hydrogen-bond acceptors (Lipinski definition) is 3. The van der Waals surface area contributed by atoms with E-state index in [-0.39, 0.29) is 16.6 Å². The van der Waals surface area contributed by atoms with E-state index in [0.29, 0.717) is 5.69 Å². The molecule has 2 rings (SSSR count). The smallest absolute Gasteiger partial charge is 0.115 e. The lowest BCUT2D eigenvalue weighted by molar-refractivity contribution is 0.325. The monoisotopic (exact) mass is 311 g/mol. The Bertz CT molecular complexity index is 654. The van der Waals surface area contributed by atoms with Gasteiger partial charge in [-0.2, -0.15) is 0 Å². The van der Waals surface area contributed by atoms with E-state index in [0.717, 1.165) is 24.0 Å². The van der Waals surface area contributed by atoms with E-state index in [1.165, 1.54) is 0 Å². The molecule has 2 aromatic rings. The quantitative estimate of drug-likeness (QED) is 0.696. The molecule has 0 saturated carbocycles.